The van der Waals surface area contributed by atoms with Crippen LogP contribution >= 0.6 is 11.6 Å². The molecule has 0 radical (unpaired) electrons. The van der Waals surface area contributed by atoms with E-state index in [4.69, 9.17) is 11.6 Å². The van der Waals surface area contributed by atoms with Gasteiger partial charge in [0, 0.05) is 31.0 Å². The summed E-state index contributed by atoms with van der Waals surface area (Å²) in [4.78, 5) is 28.2. The minimum absolute atomic E-state index is 0.104. The molecule has 0 saturated heterocycles. The fourth-order valence-corrected chi connectivity index (χ4v) is 2.32. The van der Waals surface area contributed by atoms with Crippen LogP contribution in [0.2, 0.25) is 5.02 Å². The second-order valence-electron chi connectivity index (χ2n) is 5.88. The molecule has 1 amide bonds. The van der Waals surface area contributed by atoms with Crippen LogP contribution in [0.3, 0.4) is 0 Å². The lowest BCUT2D eigenvalue weighted by Crippen LogP contribution is -2.24. The standard InChI is InChI=1S/C21H24ClN3O2/c1-5-17(13-18-7-6-8-19(22)14-18)10-9-16(2)24-21(27)20(15-25(3)4)23-11-12-26/h5-12,14-15H,2,13H2,1,3-4H3,(H,24,27)/b10-9-,17-5+,20-15-,23-11?. The normalized spacial score (nSPS) is 12.4. The molecule has 5 nitrogen and oxygen atoms in total. The van der Waals surface area contributed by atoms with Crippen molar-refractivity contribution in [3.63, 3.8) is 0 Å². The number of aliphatic imine (C=N–C) groups is 1. The lowest BCUT2D eigenvalue weighted by atomic mass is 10.0. The smallest absolute Gasteiger partial charge is 0.275 e. The van der Waals surface area contributed by atoms with E-state index in [9.17, 15) is 9.59 Å². The van der Waals surface area contributed by atoms with Crippen molar-refractivity contribution < 1.29 is 9.59 Å². The molecule has 0 spiro atoms. The Morgan fingerprint density at radius 3 is 2.67 bits per heavy atom. The first kappa shape index (κ1) is 22.1. The molecule has 0 fully saturated rings. The zero-order valence-electron chi connectivity index (χ0n) is 15.8. The van der Waals surface area contributed by atoms with Crippen molar-refractivity contribution in [3.05, 3.63) is 82.8 Å². The van der Waals surface area contributed by atoms with Crippen LogP contribution in [0, 0.1) is 0 Å². The molecule has 0 aromatic heterocycles. The number of nitrogens with zero attached hydrogens (tertiary/aromatic N) is 2. The maximum Gasteiger partial charge on any atom is 0.275 e. The van der Waals surface area contributed by atoms with E-state index in [1.807, 2.05) is 43.3 Å². The molecule has 0 aliphatic carbocycles. The number of carbonyl (C=O) groups excluding carboxylic acids is 2. The SMILES string of the molecule is C=C(/C=C\C(=C/C)Cc1cccc(Cl)c1)NC(=O)/C(=C/N(C)C)N=CC=O. The van der Waals surface area contributed by atoms with Crippen LogP contribution < -0.4 is 5.32 Å². The Bertz CT molecular complexity index is 805. The Morgan fingerprint density at radius 2 is 2.07 bits per heavy atom. The number of aldehydes is 1. The first-order valence-corrected chi connectivity index (χ1v) is 8.67. The molecule has 1 aromatic rings. The second kappa shape index (κ2) is 11.6. The van der Waals surface area contributed by atoms with Crippen molar-refractivity contribution in [3.8, 4) is 0 Å². The van der Waals surface area contributed by atoms with E-state index < -0.39 is 5.91 Å². The third-order valence-corrected chi connectivity index (χ3v) is 3.56. The van der Waals surface area contributed by atoms with Gasteiger partial charge in [-0.3, -0.25) is 9.59 Å². The number of amides is 1. The Morgan fingerprint density at radius 1 is 1.33 bits per heavy atom. The average molecular weight is 386 g/mol. The molecule has 0 atom stereocenters. The van der Waals surface area contributed by atoms with Gasteiger partial charge in [0.05, 0.1) is 6.21 Å². The van der Waals surface area contributed by atoms with Gasteiger partial charge in [0.2, 0.25) is 0 Å². The highest BCUT2D eigenvalue weighted by molar-refractivity contribution is 6.30. The summed E-state index contributed by atoms with van der Waals surface area (Å²) < 4.78 is 0. The van der Waals surface area contributed by atoms with E-state index in [0.717, 1.165) is 17.4 Å². The van der Waals surface area contributed by atoms with Gasteiger partial charge >= 0.3 is 0 Å². The van der Waals surface area contributed by atoms with Gasteiger partial charge in [0.1, 0.15) is 5.70 Å². The molecular weight excluding hydrogens is 362 g/mol. The first-order valence-electron chi connectivity index (χ1n) is 8.29. The van der Waals surface area contributed by atoms with E-state index >= 15 is 0 Å². The molecule has 1 aromatic carbocycles. The van der Waals surface area contributed by atoms with Gasteiger partial charge in [-0.2, -0.15) is 0 Å². The number of hydrogen-bond donors (Lipinski definition) is 1. The molecule has 0 aliphatic rings. The number of benzene rings is 1. The molecule has 27 heavy (non-hydrogen) atoms. The van der Waals surface area contributed by atoms with Crippen LogP contribution in [-0.2, 0) is 16.0 Å². The number of halogens is 1. The molecule has 0 aliphatic heterocycles. The molecule has 0 bridgehead atoms. The Labute approximate surface area is 165 Å². The summed E-state index contributed by atoms with van der Waals surface area (Å²) in [6.07, 6.45) is 9.35. The second-order valence-corrected chi connectivity index (χ2v) is 6.31. The summed E-state index contributed by atoms with van der Waals surface area (Å²) in [5.41, 5.74) is 2.66. The highest BCUT2D eigenvalue weighted by Gasteiger charge is 2.08. The molecule has 0 saturated carbocycles. The molecule has 0 unspecified atom stereocenters. The van der Waals surface area contributed by atoms with Gasteiger partial charge in [0.15, 0.2) is 6.29 Å². The predicted octanol–water partition coefficient (Wildman–Crippen LogP) is 3.69. The van der Waals surface area contributed by atoms with Crippen molar-refractivity contribution in [2.24, 2.45) is 4.99 Å². The monoisotopic (exact) mass is 385 g/mol. The Hall–Kier alpha value is -2.92. The largest absolute Gasteiger partial charge is 0.382 e. The molecule has 142 valence electrons. The van der Waals surface area contributed by atoms with Gasteiger partial charge in [0.25, 0.3) is 5.91 Å². The lowest BCUT2D eigenvalue weighted by Gasteiger charge is -2.09. The van der Waals surface area contributed by atoms with Gasteiger partial charge < -0.3 is 10.2 Å². The minimum Gasteiger partial charge on any atom is -0.382 e. The summed E-state index contributed by atoms with van der Waals surface area (Å²) in [6, 6.07) is 7.66. The van der Waals surface area contributed by atoms with E-state index in [1.165, 1.54) is 6.20 Å². The molecule has 1 rings (SSSR count). The van der Waals surface area contributed by atoms with E-state index in [-0.39, 0.29) is 5.70 Å². The fourth-order valence-electron chi connectivity index (χ4n) is 2.10. The zero-order valence-corrected chi connectivity index (χ0v) is 16.5. The van der Waals surface area contributed by atoms with Crippen molar-refractivity contribution in [1.82, 2.24) is 10.2 Å². The fraction of sp³-hybridized carbons (Fsp3) is 0.190. The number of rotatable bonds is 9. The summed E-state index contributed by atoms with van der Waals surface area (Å²) in [5.74, 6) is -0.451. The third-order valence-electron chi connectivity index (χ3n) is 3.33. The van der Waals surface area contributed by atoms with Crippen LogP contribution in [0.15, 0.2) is 77.2 Å². The summed E-state index contributed by atoms with van der Waals surface area (Å²) >= 11 is 6.02. The third kappa shape index (κ3) is 8.83. The quantitative estimate of drug-likeness (QED) is 0.305. The van der Waals surface area contributed by atoms with Crippen LogP contribution in [0.4, 0.5) is 0 Å². The highest BCUT2D eigenvalue weighted by Crippen LogP contribution is 2.15. The molecular formula is C21H24ClN3O2. The van der Waals surface area contributed by atoms with Gasteiger partial charge in [-0.1, -0.05) is 42.5 Å². The Balaban J connectivity index is 2.76. The molecule has 1 N–H and O–H groups in total. The predicted molar refractivity (Wildman–Crippen MR) is 112 cm³/mol. The number of nitrogens with one attached hydrogen (secondary N) is 1. The van der Waals surface area contributed by atoms with Crippen molar-refractivity contribution in [2.45, 2.75) is 13.3 Å². The van der Waals surface area contributed by atoms with E-state index in [1.54, 1.807) is 25.1 Å². The van der Waals surface area contributed by atoms with Crippen molar-refractivity contribution >= 4 is 30.0 Å². The van der Waals surface area contributed by atoms with Crippen molar-refractivity contribution in [2.75, 3.05) is 14.1 Å². The maximum absolute atomic E-state index is 12.3. The topological polar surface area (TPSA) is 61.8 Å². The van der Waals surface area contributed by atoms with Crippen molar-refractivity contribution in [1.29, 1.82) is 0 Å². The van der Waals surface area contributed by atoms with Crippen LogP contribution in [-0.4, -0.2) is 37.4 Å². The average Bonchev–Trinajstić information content (AvgIpc) is 2.61. The molecule has 0 heterocycles. The van der Waals surface area contributed by atoms with Gasteiger partial charge in [-0.15, -0.1) is 0 Å². The Kier molecular flexibility index (Phi) is 9.54. The highest BCUT2D eigenvalue weighted by atomic mass is 35.5. The van der Waals surface area contributed by atoms with Crippen LogP contribution in [0.25, 0.3) is 0 Å². The summed E-state index contributed by atoms with van der Waals surface area (Å²) in [7, 11) is 3.51. The minimum atomic E-state index is -0.451. The summed E-state index contributed by atoms with van der Waals surface area (Å²) in [5, 5.41) is 3.35. The maximum atomic E-state index is 12.3. The van der Waals surface area contributed by atoms with Gasteiger partial charge in [-0.25, -0.2) is 4.99 Å². The number of carbonyl (C=O) groups is 2. The first-order chi connectivity index (χ1) is 12.8. The molecule has 6 heteroatoms. The lowest BCUT2D eigenvalue weighted by molar-refractivity contribution is -0.116. The van der Waals surface area contributed by atoms with E-state index in [0.29, 0.717) is 23.4 Å². The van der Waals surface area contributed by atoms with Crippen LogP contribution in [0.5, 0.6) is 0 Å². The zero-order chi connectivity index (χ0) is 20.2. The van der Waals surface area contributed by atoms with Crippen LogP contribution in [0.1, 0.15) is 12.5 Å². The number of hydrogen-bond acceptors (Lipinski definition) is 4. The number of allylic oxidation sites excluding steroid dienone is 4. The summed E-state index contributed by atoms with van der Waals surface area (Å²) in [6.45, 7) is 5.78. The van der Waals surface area contributed by atoms with E-state index in [2.05, 4.69) is 16.9 Å². The van der Waals surface area contributed by atoms with Gasteiger partial charge in [-0.05, 0) is 42.7 Å².